The maximum Gasteiger partial charge on any atom is 0.155 e. The van der Waals surface area contributed by atoms with Gasteiger partial charge in [0, 0.05) is 6.42 Å². The molecule has 0 spiro atoms. The zero-order valence-corrected chi connectivity index (χ0v) is 15.6. The molecule has 0 heterocycles. The van der Waals surface area contributed by atoms with E-state index in [-0.39, 0.29) is 5.78 Å². The van der Waals surface area contributed by atoms with Gasteiger partial charge in [0.1, 0.15) is 0 Å². The molecule has 3 heteroatoms. The number of carbonyl (C=O) groups is 1. The van der Waals surface area contributed by atoms with Gasteiger partial charge in [-0.1, -0.05) is 93.6 Å². The Balaban J connectivity index is 2.10. The lowest BCUT2D eigenvalue weighted by atomic mass is 10.1. The summed E-state index contributed by atoms with van der Waals surface area (Å²) in [4.78, 5) is 11.8. The number of halogens is 2. The van der Waals surface area contributed by atoms with Crippen molar-refractivity contribution < 1.29 is 4.79 Å². The van der Waals surface area contributed by atoms with Gasteiger partial charge in [0.25, 0.3) is 0 Å². The van der Waals surface area contributed by atoms with Crippen LogP contribution in [0, 0.1) is 0 Å². The summed E-state index contributed by atoms with van der Waals surface area (Å²) in [6, 6.07) is 5.37. The SMILES string of the molecule is CCCCCCCCCCCC(=O)C=Cc1ccc(Cl)c(Cl)c1. The number of hydrogen-bond donors (Lipinski definition) is 0. The van der Waals surface area contributed by atoms with E-state index < -0.39 is 0 Å². The molecule has 1 aromatic carbocycles. The van der Waals surface area contributed by atoms with Gasteiger partial charge in [-0.3, -0.25) is 4.79 Å². The van der Waals surface area contributed by atoms with E-state index in [1.165, 1.54) is 44.9 Å². The molecule has 0 amide bonds. The third-order valence-corrected chi connectivity index (χ3v) is 4.67. The quantitative estimate of drug-likeness (QED) is 0.280. The maximum absolute atomic E-state index is 11.8. The molecule has 0 saturated carbocycles. The van der Waals surface area contributed by atoms with Crippen molar-refractivity contribution in [2.45, 2.75) is 71.1 Å². The first kappa shape index (κ1) is 20.3. The van der Waals surface area contributed by atoms with Gasteiger partial charge in [0.2, 0.25) is 0 Å². The first-order valence-electron chi connectivity index (χ1n) is 8.79. The smallest absolute Gasteiger partial charge is 0.155 e. The highest BCUT2D eigenvalue weighted by Crippen LogP contribution is 2.23. The molecule has 0 atom stereocenters. The number of unbranched alkanes of at least 4 members (excludes halogenated alkanes) is 8. The van der Waals surface area contributed by atoms with Crippen LogP contribution in [0.3, 0.4) is 0 Å². The molecule has 0 aliphatic carbocycles. The monoisotopic (exact) mass is 354 g/mol. The van der Waals surface area contributed by atoms with E-state index in [4.69, 9.17) is 23.2 Å². The molecule has 128 valence electrons. The van der Waals surface area contributed by atoms with Crippen molar-refractivity contribution in [2.75, 3.05) is 0 Å². The minimum Gasteiger partial charge on any atom is -0.295 e. The summed E-state index contributed by atoms with van der Waals surface area (Å²) in [5.74, 6) is 0.180. The molecular weight excluding hydrogens is 327 g/mol. The van der Waals surface area contributed by atoms with Crippen molar-refractivity contribution in [3.8, 4) is 0 Å². The molecule has 0 aliphatic heterocycles. The average molecular weight is 355 g/mol. The van der Waals surface area contributed by atoms with E-state index in [1.54, 1.807) is 24.3 Å². The van der Waals surface area contributed by atoms with Gasteiger partial charge >= 0.3 is 0 Å². The number of allylic oxidation sites excluding steroid dienone is 1. The lowest BCUT2D eigenvalue weighted by Gasteiger charge is -2.01. The van der Waals surface area contributed by atoms with Crippen molar-refractivity contribution in [1.29, 1.82) is 0 Å². The number of carbonyl (C=O) groups excluding carboxylic acids is 1. The summed E-state index contributed by atoms with van der Waals surface area (Å²) in [6.45, 7) is 2.24. The molecule has 0 bridgehead atoms. The first-order chi connectivity index (χ1) is 11.1. The Hall–Kier alpha value is -0.790. The van der Waals surface area contributed by atoms with Crippen LogP contribution in [-0.2, 0) is 4.79 Å². The van der Waals surface area contributed by atoms with E-state index in [2.05, 4.69) is 6.92 Å². The van der Waals surface area contributed by atoms with Gasteiger partial charge in [0.05, 0.1) is 10.0 Å². The Morgan fingerprint density at radius 3 is 2.13 bits per heavy atom. The number of ketones is 1. The molecule has 1 nitrogen and oxygen atoms in total. The average Bonchev–Trinajstić information content (AvgIpc) is 2.54. The molecular formula is C20H28Cl2O. The highest BCUT2D eigenvalue weighted by atomic mass is 35.5. The van der Waals surface area contributed by atoms with Crippen LogP contribution < -0.4 is 0 Å². The second kappa shape index (κ2) is 12.6. The van der Waals surface area contributed by atoms with E-state index in [0.717, 1.165) is 18.4 Å². The molecule has 0 aliphatic rings. The molecule has 0 aromatic heterocycles. The zero-order chi connectivity index (χ0) is 16.9. The molecule has 0 N–H and O–H groups in total. The van der Waals surface area contributed by atoms with Crippen LogP contribution >= 0.6 is 23.2 Å². The van der Waals surface area contributed by atoms with Crippen LogP contribution in [-0.4, -0.2) is 5.78 Å². The summed E-state index contributed by atoms with van der Waals surface area (Å²) >= 11 is 11.8. The van der Waals surface area contributed by atoms with Crippen molar-refractivity contribution in [1.82, 2.24) is 0 Å². The predicted octanol–water partition coefficient (Wildman–Crippen LogP) is 7.50. The van der Waals surface area contributed by atoms with Gasteiger partial charge < -0.3 is 0 Å². The summed E-state index contributed by atoms with van der Waals surface area (Å²) in [5, 5.41) is 1.05. The van der Waals surface area contributed by atoms with Crippen LogP contribution in [0.15, 0.2) is 24.3 Å². The van der Waals surface area contributed by atoms with Crippen LogP contribution in [0.1, 0.15) is 76.7 Å². The Morgan fingerprint density at radius 1 is 0.913 bits per heavy atom. The normalized spacial score (nSPS) is 11.3. The molecule has 23 heavy (non-hydrogen) atoms. The van der Waals surface area contributed by atoms with Crippen molar-refractivity contribution >= 4 is 35.1 Å². The highest BCUT2D eigenvalue weighted by Gasteiger charge is 2.00. The minimum atomic E-state index is 0.180. The van der Waals surface area contributed by atoms with E-state index in [9.17, 15) is 4.79 Å². The highest BCUT2D eigenvalue weighted by molar-refractivity contribution is 6.42. The zero-order valence-electron chi connectivity index (χ0n) is 14.1. The Kier molecular flexibility index (Phi) is 11.1. The second-order valence-corrected chi connectivity index (χ2v) is 6.87. The fourth-order valence-electron chi connectivity index (χ4n) is 2.50. The molecule has 1 rings (SSSR count). The fourth-order valence-corrected chi connectivity index (χ4v) is 2.80. The largest absolute Gasteiger partial charge is 0.295 e. The first-order valence-corrected chi connectivity index (χ1v) is 9.55. The number of hydrogen-bond acceptors (Lipinski definition) is 1. The standard InChI is InChI=1S/C20H28Cl2O/c1-2-3-4-5-6-7-8-9-10-11-18(23)14-12-17-13-15-19(21)20(22)16-17/h12-16H,2-11H2,1H3. The van der Waals surface area contributed by atoms with Gasteiger partial charge in [-0.25, -0.2) is 0 Å². The fraction of sp³-hybridized carbons (Fsp3) is 0.550. The summed E-state index contributed by atoms with van der Waals surface area (Å²) in [7, 11) is 0. The van der Waals surface area contributed by atoms with Gasteiger partial charge in [-0.05, 0) is 30.2 Å². The lowest BCUT2D eigenvalue weighted by Crippen LogP contribution is -1.92. The van der Waals surface area contributed by atoms with Crippen molar-refractivity contribution in [3.05, 3.63) is 39.9 Å². The second-order valence-electron chi connectivity index (χ2n) is 6.05. The Labute approximate surface area is 151 Å². The Morgan fingerprint density at radius 2 is 1.52 bits per heavy atom. The summed E-state index contributed by atoms with van der Waals surface area (Å²) < 4.78 is 0. The van der Waals surface area contributed by atoms with Gasteiger partial charge in [0.15, 0.2) is 5.78 Å². The van der Waals surface area contributed by atoms with E-state index >= 15 is 0 Å². The molecule has 1 aromatic rings. The van der Waals surface area contributed by atoms with Gasteiger partial charge in [-0.15, -0.1) is 0 Å². The number of benzene rings is 1. The van der Waals surface area contributed by atoms with Crippen molar-refractivity contribution in [3.63, 3.8) is 0 Å². The van der Waals surface area contributed by atoms with E-state index in [1.807, 2.05) is 6.07 Å². The maximum atomic E-state index is 11.8. The molecule has 0 unspecified atom stereocenters. The molecule has 0 radical (unpaired) electrons. The third-order valence-electron chi connectivity index (χ3n) is 3.93. The summed E-state index contributed by atoms with van der Waals surface area (Å²) in [6.07, 6.45) is 15.5. The third kappa shape index (κ3) is 9.84. The van der Waals surface area contributed by atoms with Crippen molar-refractivity contribution in [2.24, 2.45) is 0 Å². The van der Waals surface area contributed by atoms with Crippen LogP contribution in [0.25, 0.3) is 6.08 Å². The van der Waals surface area contributed by atoms with E-state index in [0.29, 0.717) is 16.5 Å². The van der Waals surface area contributed by atoms with Crippen LogP contribution in [0.2, 0.25) is 10.0 Å². The molecule has 0 saturated heterocycles. The minimum absolute atomic E-state index is 0.180. The van der Waals surface area contributed by atoms with Crippen LogP contribution in [0.5, 0.6) is 0 Å². The van der Waals surface area contributed by atoms with Crippen LogP contribution in [0.4, 0.5) is 0 Å². The van der Waals surface area contributed by atoms with Gasteiger partial charge in [-0.2, -0.15) is 0 Å². The lowest BCUT2D eigenvalue weighted by molar-refractivity contribution is -0.114. The molecule has 0 fully saturated rings. The number of rotatable bonds is 12. The Bertz CT molecular complexity index is 494. The predicted molar refractivity (Wildman–Crippen MR) is 102 cm³/mol. The topological polar surface area (TPSA) is 17.1 Å². The summed E-state index contributed by atoms with van der Waals surface area (Å²) in [5.41, 5.74) is 0.903.